The minimum absolute atomic E-state index is 0.307. The number of carbonyl (C=O) groups excluding carboxylic acids is 2. The van der Waals surface area contributed by atoms with Crippen LogP contribution in [0.2, 0.25) is 0 Å². The normalized spacial score (nSPS) is 19.6. The molecular formula is C13H21NO4. The smallest absolute Gasteiger partial charge is 0.415 e. The van der Waals surface area contributed by atoms with Gasteiger partial charge in [-0.15, -0.1) is 0 Å². The molecule has 1 aliphatic rings. The van der Waals surface area contributed by atoms with Gasteiger partial charge in [-0.05, 0) is 40.5 Å². The molecule has 5 nitrogen and oxygen atoms in total. The summed E-state index contributed by atoms with van der Waals surface area (Å²) in [4.78, 5) is 25.1. The minimum Gasteiger partial charge on any atom is -0.464 e. The van der Waals surface area contributed by atoms with E-state index in [0.29, 0.717) is 13.0 Å². The Kier molecular flexibility index (Phi) is 4.76. The van der Waals surface area contributed by atoms with Crippen molar-refractivity contribution in [2.24, 2.45) is 0 Å². The minimum atomic E-state index is -0.582. The Bertz CT molecular complexity index is 343. The van der Waals surface area contributed by atoms with Gasteiger partial charge in [0.05, 0.1) is 6.61 Å². The Morgan fingerprint density at radius 3 is 2.61 bits per heavy atom. The Morgan fingerprint density at radius 1 is 1.39 bits per heavy atom. The zero-order valence-electron chi connectivity index (χ0n) is 11.4. The highest BCUT2D eigenvalue weighted by Gasteiger charge is 2.33. The highest BCUT2D eigenvalue weighted by molar-refractivity contribution is 5.82. The fraction of sp³-hybridized carbons (Fsp3) is 0.692. The van der Waals surface area contributed by atoms with E-state index in [9.17, 15) is 9.59 Å². The molecule has 0 aromatic heterocycles. The first-order chi connectivity index (χ1) is 8.35. The zero-order valence-corrected chi connectivity index (χ0v) is 11.4. The summed E-state index contributed by atoms with van der Waals surface area (Å²) < 4.78 is 10.2. The van der Waals surface area contributed by atoms with Gasteiger partial charge >= 0.3 is 12.1 Å². The lowest BCUT2D eigenvalue weighted by Gasteiger charge is -2.31. The number of hydrogen-bond donors (Lipinski definition) is 0. The number of ether oxygens (including phenoxy) is 2. The van der Waals surface area contributed by atoms with Gasteiger partial charge in [-0.1, -0.05) is 6.08 Å². The second-order valence-electron chi connectivity index (χ2n) is 5.12. The number of nitrogens with zero attached hydrogens (tertiary/aromatic N) is 1. The predicted octanol–water partition coefficient (Wildman–Crippen LogP) is 2.46. The first-order valence-corrected chi connectivity index (χ1v) is 6.19. The lowest BCUT2D eigenvalue weighted by Crippen LogP contribution is -2.46. The molecule has 0 unspecified atom stereocenters. The van der Waals surface area contributed by atoms with Crippen molar-refractivity contribution in [1.82, 2.24) is 4.90 Å². The van der Waals surface area contributed by atoms with Gasteiger partial charge in [-0.25, -0.2) is 9.59 Å². The number of carbonyl (C=O) groups is 2. The highest BCUT2D eigenvalue weighted by atomic mass is 16.6. The third kappa shape index (κ3) is 4.05. The second kappa shape index (κ2) is 5.89. The van der Waals surface area contributed by atoms with Crippen molar-refractivity contribution < 1.29 is 19.1 Å². The van der Waals surface area contributed by atoms with Gasteiger partial charge in [-0.3, -0.25) is 4.90 Å². The summed E-state index contributed by atoms with van der Waals surface area (Å²) in [6, 6.07) is -0.579. The number of allylic oxidation sites excluding steroid dienone is 1. The molecule has 0 aromatic rings. The maximum Gasteiger partial charge on any atom is 0.415 e. The van der Waals surface area contributed by atoms with Gasteiger partial charge in [0.2, 0.25) is 0 Å². The predicted molar refractivity (Wildman–Crippen MR) is 66.9 cm³/mol. The molecule has 1 rings (SSSR count). The molecule has 1 atom stereocenters. The van der Waals surface area contributed by atoms with Gasteiger partial charge in [0, 0.05) is 6.20 Å². The standard InChI is InChI=1S/C13H21NO4/c1-5-17-11(15)10-8-6-7-9-14(10)12(16)18-13(2,3)4/h7,9-10H,5-6,8H2,1-4H3/t10-/m0/s1. The topological polar surface area (TPSA) is 55.8 Å². The van der Waals surface area contributed by atoms with Crippen molar-refractivity contribution in [3.8, 4) is 0 Å². The van der Waals surface area contributed by atoms with Crippen molar-refractivity contribution >= 4 is 12.1 Å². The van der Waals surface area contributed by atoms with Crippen LogP contribution in [0.15, 0.2) is 12.3 Å². The van der Waals surface area contributed by atoms with Crippen molar-refractivity contribution in [2.75, 3.05) is 6.61 Å². The molecule has 1 heterocycles. The van der Waals surface area contributed by atoms with Crippen molar-refractivity contribution in [2.45, 2.75) is 52.2 Å². The van der Waals surface area contributed by atoms with Crippen LogP contribution >= 0.6 is 0 Å². The summed E-state index contributed by atoms with van der Waals surface area (Å²) in [5.41, 5.74) is -0.582. The van der Waals surface area contributed by atoms with Crippen LogP contribution in [0, 0.1) is 0 Å². The van der Waals surface area contributed by atoms with Crippen LogP contribution in [0.5, 0.6) is 0 Å². The van der Waals surface area contributed by atoms with Gasteiger partial charge in [0.25, 0.3) is 0 Å². The SMILES string of the molecule is CCOC(=O)[C@@H]1CCC=CN1C(=O)OC(C)(C)C. The summed E-state index contributed by atoms with van der Waals surface area (Å²) in [5.74, 6) is -0.382. The molecular weight excluding hydrogens is 234 g/mol. The third-order valence-corrected chi connectivity index (χ3v) is 2.37. The molecule has 0 aliphatic carbocycles. The zero-order chi connectivity index (χ0) is 13.8. The Balaban J connectivity index is 2.76. The molecule has 0 N–H and O–H groups in total. The quantitative estimate of drug-likeness (QED) is 0.711. The number of rotatable bonds is 2. The second-order valence-corrected chi connectivity index (χ2v) is 5.12. The maximum atomic E-state index is 12.0. The fourth-order valence-corrected chi connectivity index (χ4v) is 1.66. The number of hydrogen-bond acceptors (Lipinski definition) is 4. The molecule has 1 amide bonds. The first-order valence-electron chi connectivity index (χ1n) is 6.19. The van der Waals surface area contributed by atoms with Gasteiger partial charge in [0.1, 0.15) is 11.6 Å². The molecule has 0 fully saturated rings. The van der Waals surface area contributed by atoms with E-state index in [1.165, 1.54) is 4.90 Å². The summed E-state index contributed by atoms with van der Waals surface area (Å²) in [6.45, 7) is 7.42. The molecule has 0 radical (unpaired) electrons. The van der Waals surface area contributed by atoms with Crippen molar-refractivity contribution in [3.63, 3.8) is 0 Å². The molecule has 0 saturated heterocycles. The molecule has 102 valence electrons. The van der Waals surface area contributed by atoms with Crippen LogP contribution in [0.4, 0.5) is 4.79 Å². The Morgan fingerprint density at radius 2 is 2.06 bits per heavy atom. The summed E-state index contributed by atoms with van der Waals surface area (Å²) in [7, 11) is 0. The van der Waals surface area contributed by atoms with E-state index < -0.39 is 17.7 Å². The average molecular weight is 255 g/mol. The number of amides is 1. The van der Waals surface area contributed by atoms with Crippen LogP contribution < -0.4 is 0 Å². The fourth-order valence-electron chi connectivity index (χ4n) is 1.66. The van der Waals surface area contributed by atoms with Crippen LogP contribution in [0.1, 0.15) is 40.5 Å². The molecule has 0 aromatic carbocycles. The van der Waals surface area contributed by atoms with E-state index in [4.69, 9.17) is 9.47 Å². The van der Waals surface area contributed by atoms with Crippen molar-refractivity contribution in [3.05, 3.63) is 12.3 Å². The van der Waals surface area contributed by atoms with Crippen LogP contribution in [-0.4, -0.2) is 35.2 Å². The number of esters is 1. The molecule has 5 heteroatoms. The van der Waals surface area contributed by atoms with Crippen LogP contribution in [-0.2, 0) is 14.3 Å². The Hall–Kier alpha value is -1.52. The van der Waals surface area contributed by atoms with Crippen molar-refractivity contribution in [1.29, 1.82) is 0 Å². The largest absolute Gasteiger partial charge is 0.464 e. The van der Waals surface area contributed by atoms with Crippen LogP contribution in [0.25, 0.3) is 0 Å². The van der Waals surface area contributed by atoms with Gasteiger partial charge < -0.3 is 9.47 Å². The van der Waals surface area contributed by atoms with Gasteiger partial charge in [-0.2, -0.15) is 0 Å². The molecule has 0 spiro atoms. The molecule has 0 bridgehead atoms. The maximum absolute atomic E-state index is 12.0. The Labute approximate surface area is 108 Å². The van der Waals surface area contributed by atoms with E-state index in [1.807, 2.05) is 6.08 Å². The lowest BCUT2D eigenvalue weighted by atomic mass is 10.1. The lowest BCUT2D eigenvalue weighted by molar-refractivity contribution is -0.148. The van der Waals surface area contributed by atoms with E-state index >= 15 is 0 Å². The third-order valence-electron chi connectivity index (χ3n) is 2.37. The molecule has 1 aliphatic heterocycles. The van der Waals surface area contributed by atoms with Gasteiger partial charge in [0.15, 0.2) is 0 Å². The van der Waals surface area contributed by atoms with Crippen LogP contribution in [0.3, 0.4) is 0 Å². The summed E-state index contributed by atoms with van der Waals surface area (Å²) in [5, 5.41) is 0. The van der Waals surface area contributed by atoms with E-state index in [-0.39, 0.29) is 5.97 Å². The summed E-state index contributed by atoms with van der Waals surface area (Å²) in [6.07, 6.45) is 4.24. The van der Waals surface area contributed by atoms with E-state index in [2.05, 4.69) is 0 Å². The van der Waals surface area contributed by atoms with E-state index in [1.54, 1.807) is 33.9 Å². The molecule has 0 saturated carbocycles. The first kappa shape index (κ1) is 14.5. The molecule has 18 heavy (non-hydrogen) atoms. The average Bonchev–Trinajstić information content (AvgIpc) is 2.27. The monoisotopic (exact) mass is 255 g/mol. The summed E-state index contributed by atoms with van der Waals surface area (Å²) >= 11 is 0. The van der Waals surface area contributed by atoms with E-state index in [0.717, 1.165) is 6.42 Å². The highest BCUT2D eigenvalue weighted by Crippen LogP contribution is 2.20.